The number of rotatable bonds is 10. The van der Waals surface area contributed by atoms with Crippen LogP contribution < -0.4 is 15.0 Å². The van der Waals surface area contributed by atoms with Gasteiger partial charge in [-0.2, -0.15) is 0 Å². The van der Waals surface area contributed by atoms with E-state index in [-0.39, 0.29) is 17.1 Å². The normalized spacial score (nSPS) is 16.1. The number of ether oxygens (including phenoxy) is 1. The molecule has 1 fully saturated rings. The minimum absolute atomic E-state index is 0.0243. The van der Waals surface area contributed by atoms with Gasteiger partial charge < -0.3 is 20.3 Å². The number of anilines is 3. The minimum Gasteiger partial charge on any atom is -0.508 e. The summed E-state index contributed by atoms with van der Waals surface area (Å²) < 4.78 is 5.77. The summed E-state index contributed by atoms with van der Waals surface area (Å²) >= 11 is 0. The lowest BCUT2D eigenvalue weighted by Gasteiger charge is -2.25. The smallest absolute Gasteiger partial charge is 0.300 e. The van der Waals surface area contributed by atoms with Crippen LogP contribution >= 0.6 is 0 Å². The van der Waals surface area contributed by atoms with Crippen molar-refractivity contribution in [1.29, 1.82) is 0 Å². The van der Waals surface area contributed by atoms with Crippen LogP contribution in [0.1, 0.15) is 43.4 Å². The van der Waals surface area contributed by atoms with Crippen LogP contribution in [-0.2, 0) is 9.59 Å². The number of aromatic hydroxyl groups is 1. The summed E-state index contributed by atoms with van der Waals surface area (Å²) in [6, 6.07) is 29.1. The maximum absolute atomic E-state index is 13.5. The average molecular weight is 549 g/mol. The number of phenolic OH excluding ortho intramolecular Hbond substituents is 1. The van der Waals surface area contributed by atoms with Gasteiger partial charge in [0.2, 0.25) is 0 Å². The van der Waals surface area contributed by atoms with E-state index in [1.807, 2.05) is 42.5 Å². The van der Waals surface area contributed by atoms with Gasteiger partial charge >= 0.3 is 0 Å². The number of unbranched alkanes of at least 4 members (excludes halogenated alkanes) is 2. The van der Waals surface area contributed by atoms with Crippen molar-refractivity contribution in [3.8, 4) is 11.5 Å². The molecule has 7 heteroatoms. The van der Waals surface area contributed by atoms with Crippen LogP contribution in [0.25, 0.3) is 5.76 Å². The number of hydrogen-bond donors (Lipinski definition) is 3. The van der Waals surface area contributed by atoms with Gasteiger partial charge in [0, 0.05) is 22.6 Å². The summed E-state index contributed by atoms with van der Waals surface area (Å²) in [6.45, 7) is 2.73. The molecule has 1 unspecified atom stereocenters. The Morgan fingerprint density at radius 2 is 1.49 bits per heavy atom. The molecule has 1 amide bonds. The monoisotopic (exact) mass is 548 g/mol. The van der Waals surface area contributed by atoms with Crippen molar-refractivity contribution in [2.24, 2.45) is 0 Å². The van der Waals surface area contributed by atoms with Crippen LogP contribution in [0.5, 0.6) is 11.5 Å². The molecule has 0 aliphatic carbocycles. The van der Waals surface area contributed by atoms with Gasteiger partial charge in [0.15, 0.2) is 0 Å². The number of carbonyl (C=O) groups excluding carboxylic acids is 2. The number of aliphatic hydroxyl groups is 1. The first-order chi connectivity index (χ1) is 20.0. The number of amides is 1. The predicted octanol–water partition coefficient (Wildman–Crippen LogP) is 7.33. The second-order valence-electron chi connectivity index (χ2n) is 9.88. The maximum atomic E-state index is 13.5. The van der Waals surface area contributed by atoms with E-state index in [0.717, 1.165) is 30.6 Å². The molecule has 0 spiro atoms. The van der Waals surface area contributed by atoms with Gasteiger partial charge in [-0.1, -0.05) is 50.1 Å². The lowest BCUT2D eigenvalue weighted by Crippen LogP contribution is -2.29. The molecule has 3 N–H and O–H groups in total. The van der Waals surface area contributed by atoms with Crippen LogP contribution in [-0.4, -0.2) is 28.5 Å². The molecule has 41 heavy (non-hydrogen) atoms. The number of aliphatic hydroxyl groups excluding tert-OH is 1. The fraction of sp³-hybridized carbons (Fsp3) is 0.176. The predicted molar refractivity (Wildman–Crippen MR) is 161 cm³/mol. The first kappa shape index (κ1) is 27.5. The highest BCUT2D eigenvalue weighted by molar-refractivity contribution is 6.51. The van der Waals surface area contributed by atoms with Gasteiger partial charge in [-0.15, -0.1) is 0 Å². The summed E-state index contributed by atoms with van der Waals surface area (Å²) in [5.74, 6) is -1.09. The molecule has 0 aromatic heterocycles. The van der Waals surface area contributed by atoms with E-state index in [1.165, 1.54) is 17.0 Å². The Morgan fingerprint density at radius 3 is 2.15 bits per heavy atom. The molecule has 208 valence electrons. The standard InChI is InChI=1S/C34H32N2O5/c1-2-3-7-22-41-29-20-12-24(13-21-29)32(38)30-31(23-10-18-28(37)19-11-23)36(34(40)33(30)39)27-16-14-26(15-17-27)35-25-8-5-4-6-9-25/h4-6,8-21,31,35,37-38H,2-3,7,22H2,1H3/b32-30+. The minimum atomic E-state index is -0.895. The summed E-state index contributed by atoms with van der Waals surface area (Å²) in [7, 11) is 0. The Hall–Kier alpha value is -5.04. The van der Waals surface area contributed by atoms with Crippen molar-refractivity contribution in [3.05, 3.63) is 120 Å². The SMILES string of the molecule is CCCCCOc1ccc(/C(O)=C2\C(=O)C(=O)N(c3ccc(Nc4ccccc4)cc3)C2c2ccc(O)cc2)cc1. The number of benzene rings is 4. The zero-order chi connectivity index (χ0) is 28.8. The molecule has 0 radical (unpaired) electrons. The Labute approximate surface area is 239 Å². The van der Waals surface area contributed by atoms with Crippen molar-refractivity contribution < 1.29 is 24.5 Å². The van der Waals surface area contributed by atoms with Gasteiger partial charge in [-0.25, -0.2) is 0 Å². The van der Waals surface area contributed by atoms with Crippen molar-refractivity contribution in [2.75, 3.05) is 16.8 Å². The van der Waals surface area contributed by atoms with E-state index >= 15 is 0 Å². The third-order valence-corrected chi connectivity index (χ3v) is 7.01. The van der Waals surface area contributed by atoms with E-state index in [4.69, 9.17) is 4.74 Å². The number of ketones is 1. The largest absolute Gasteiger partial charge is 0.508 e. The van der Waals surface area contributed by atoms with Crippen LogP contribution in [0.15, 0.2) is 109 Å². The summed E-state index contributed by atoms with van der Waals surface area (Å²) in [4.78, 5) is 28.3. The van der Waals surface area contributed by atoms with Crippen LogP contribution in [0.3, 0.4) is 0 Å². The van der Waals surface area contributed by atoms with E-state index < -0.39 is 17.7 Å². The zero-order valence-electron chi connectivity index (χ0n) is 22.8. The van der Waals surface area contributed by atoms with E-state index in [1.54, 1.807) is 48.5 Å². The topological polar surface area (TPSA) is 99.1 Å². The van der Waals surface area contributed by atoms with Gasteiger partial charge in [-0.3, -0.25) is 14.5 Å². The highest BCUT2D eigenvalue weighted by Gasteiger charge is 2.47. The molecule has 5 rings (SSSR count). The van der Waals surface area contributed by atoms with Gasteiger partial charge in [0.05, 0.1) is 18.2 Å². The van der Waals surface area contributed by atoms with Gasteiger partial charge in [-0.05, 0) is 84.8 Å². The summed E-state index contributed by atoms with van der Waals surface area (Å²) in [5.41, 5.74) is 3.18. The number of phenols is 1. The number of nitrogens with zero attached hydrogens (tertiary/aromatic N) is 1. The Morgan fingerprint density at radius 1 is 0.829 bits per heavy atom. The summed E-state index contributed by atoms with van der Waals surface area (Å²) in [6.07, 6.45) is 3.14. The highest BCUT2D eigenvalue weighted by Crippen LogP contribution is 2.42. The Bertz CT molecular complexity index is 1530. The van der Waals surface area contributed by atoms with Gasteiger partial charge in [0.25, 0.3) is 11.7 Å². The molecule has 1 atom stereocenters. The van der Waals surface area contributed by atoms with Crippen molar-refractivity contribution >= 4 is 34.5 Å². The first-order valence-electron chi connectivity index (χ1n) is 13.7. The average Bonchev–Trinajstić information content (AvgIpc) is 3.26. The second-order valence-corrected chi connectivity index (χ2v) is 9.88. The number of Topliss-reactive ketones (excluding diaryl/α,β-unsaturated/α-hetero) is 1. The molecule has 1 aliphatic heterocycles. The number of carbonyl (C=O) groups is 2. The lowest BCUT2D eigenvalue weighted by molar-refractivity contribution is -0.132. The molecule has 0 bridgehead atoms. The van der Waals surface area contributed by atoms with Crippen LogP contribution in [0, 0.1) is 0 Å². The van der Waals surface area contributed by atoms with Crippen LogP contribution in [0.2, 0.25) is 0 Å². The fourth-order valence-corrected chi connectivity index (χ4v) is 4.87. The Kier molecular flexibility index (Phi) is 8.34. The fourth-order valence-electron chi connectivity index (χ4n) is 4.87. The molecule has 1 aliphatic rings. The van der Waals surface area contributed by atoms with E-state index in [0.29, 0.717) is 29.2 Å². The van der Waals surface area contributed by atoms with Crippen molar-refractivity contribution in [1.82, 2.24) is 0 Å². The molecule has 7 nitrogen and oxygen atoms in total. The summed E-state index contributed by atoms with van der Waals surface area (Å²) in [5, 5.41) is 24.6. The Balaban J connectivity index is 1.49. The number of hydrogen-bond acceptors (Lipinski definition) is 6. The molecule has 1 saturated heterocycles. The second kappa shape index (κ2) is 12.4. The third kappa shape index (κ3) is 6.09. The molecule has 4 aromatic rings. The quantitative estimate of drug-likeness (QED) is 0.0831. The lowest BCUT2D eigenvalue weighted by atomic mass is 9.95. The molecule has 0 saturated carbocycles. The highest BCUT2D eigenvalue weighted by atomic mass is 16.5. The molecule has 1 heterocycles. The number of nitrogens with one attached hydrogen (secondary N) is 1. The molecular formula is C34H32N2O5. The van der Waals surface area contributed by atoms with Crippen molar-refractivity contribution in [3.63, 3.8) is 0 Å². The third-order valence-electron chi connectivity index (χ3n) is 7.01. The van der Waals surface area contributed by atoms with Gasteiger partial charge in [0.1, 0.15) is 17.3 Å². The van der Waals surface area contributed by atoms with Crippen LogP contribution in [0.4, 0.5) is 17.1 Å². The van der Waals surface area contributed by atoms with Crippen molar-refractivity contribution in [2.45, 2.75) is 32.2 Å². The maximum Gasteiger partial charge on any atom is 0.300 e. The van der Waals surface area contributed by atoms with E-state index in [9.17, 15) is 19.8 Å². The first-order valence-corrected chi connectivity index (χ1v) is 13.7. The zero-order valence-corrected chi connectivity index (χ0v) is 22.8. The number of para-hydroxylation sites is 1. The van der Waals surface area contributed by atoms with E-state index in [2.05, 4.69) is 12.2 Å². The molecule has 4 aromatic carbocycles. The molecular weight excluding hydrogens is 516 g/mol.